The summed E-state index contributed by atoms with van der Waals surface area (Å²) in [6.45, 7) is 1.97. The maximum absolute atomic E-state index is 10.7. The van der Waals surface area contributed by atoms with Gasteiger partial charge in [-0.2, -0.15) is 0 Å². The summed E-state index contributed by atoms with van der Waals surface area (Å²) >= 11 is 6.02. The van der Waals surface area contributed by atoms with E-state index in [0.717, 1.165) is 18.5 Å². The normalized spacial score (nSPS) is 10.7. The lowest BCUT2D eigenvalue weighted by Gasteiger charge is -2.17. The lowest BCUT2D eigenvalue weighted by atomic mass is 10.1. The van der Waals surface area contributed by atoms with E-state index in [1.54, 1.807) is 14.2 Å². The molecular weight excluding hydrogens is 372 g/mol. The fourth-order valence-electron chi connectivity index (χ4n) is 2.50. The number of hydrogen-bond donors (Lipinski definition) is 0. The summed E-state index contributed by atoms with van der Waals surface area (Å²) in [5, 5.41) is 11.0. The third-order valence-electron chi connectivity index (χ3n) is 4.09. The highest BCUT2D eigenvalue weighted by molar-refractivity contribution is 6.32. The quantitative estimate of drug-likeness (QED) is 0.450. The Bertz CT molecular complexity index is 785. The molecule has 0 N–H and O–H groups in total. The zero-order valence-corrected chi connectivity index (χ0v) is 16.4. The average molecular weight is 395 g/mol. The van der Waals surface area contributed by atoms with E-state index in [9.17, 15) is 10.1 Å². The molecule has 2 aromatic rings. The monoisotopic (exact) mass is 394 g/mol. The predicted octanol–water partition coefficient (Wildman–Crippen LogP) is 3.82. The van der Waals surface area contributed by atoms with E-state index in [1.807, 2.05) is 25.2 Å². The summed E-state index contributed by atoms with van der Waals surface area (Å²) in [5.74, 6) is 1.87. The molecule has 0 spiro atoms. The van der Waals surface area contributed by atoms with Crippen LogP contribution in [0.25, 0.3) is 0 Å². The number of likely N-dealkylation sites (N-methyl/N-ethyl adjacent to an activating group) is 1. The highest BCUT2D eigenvalue weighted by Gasteiger charge is 2.11. The molecule has 146 valence electrons. The van der Waals surface area contributed by atoms with Gasteiger partial charge in [0.2, 0.25) is 0 Å². The molecule has 0 aromatic heterocycles. The first kappa shape index (κ1) is 20.8. The number of methoxy groups -OCH3 is 2. The Labute approximate surface area is 163 Å². The molecule has 7 nitrogen and oxygen atoms in total. The summed E-state index contributed by atoms with van der Waals surface area (Å²) in [4.78, 5) is 12.4. The van der Waals surface area contributed by atoms with Crippen molar-refractivity contribution in [1.29, 1.82) is 0 Å². The zero-order chi connectivity index (χ0) is 19.8. The molecule has 0 aliphatic heterocycles. The lowest BCUT2D eigenvalue weighted by Crippen LogP contribution is -2.26. The first-order valence-electron chi connectivity index (χ1n) is 8.40. The lowest BCUT2D eigenvalue weighted by molar-refractivity contribution is -0.384. The number of non-ortho nitro benzene ring substituents is 1. The van der Waals surface area contributed by atoms with Gasteiger partial charge < -0.3 is 19.1 Å². The molecule has 2 rings (SSSR count). The summed E-state index contributed by atoms with van der Waals surface area (Å²) in [7, 11) is 5.23. The van der Waals surface area contributed by atoms with E-state index >= 15 is 0 Å². The predicted molar refractivity (Wildman–Crippen MR) is 104 cm³/mol. The molecular formula is C19H23ClN2O5. The van der Waals surface area contributed by atoms with Crippen LogP contribution in [0.2, 0.25) is 5.02 Å². The van der Waals surface area contributed by atoms with Gasteiger partial charge in [0, 0.05) is 25.2 Å². The molecule has 0 fully saturated rings. The number of halogens is 1. The minimum absolute atomic E-state index is 0.0561. The van der Waals surface area contributed by atoms with Gasteiger partial charge in [0.25, 0.3) is 5.69 Å². The highest BCUT2D eigenvalue weighted by atomic mass is 35.5. The molecule has 0 bridgehead atoms. The van der Waals surface area contributed by atoms with Crippen LogP contribution < -0.4 is 14.2 Å². The number of benzene rings is 2. The van der Waals surface area contributed by atoms with Crippen LogP contribution in [0.4, 0.5) is 5.69 Å². The summed E-state index contributed by atoms with van der Waals surface area (Å²) in [6.07, 6.45) is 0.856. The Balaban J connectivity index is 1.80. The van der Waals surface area contributed by atoms with Gasteiger partial charge >= 0.3 is 0 Å². The van der Waals surface area contributed by atoms with Gasteiger partial charge in [0.15, 0.2) is 11.5 Å². The fraction of sp³-hybridized carbons (Fsp3) is 0.368. The molecule has 0 aliphatic carbocycles. The van der Waals surface area contributed by atoms with Crippen molar-refractivity contribution in [3.8, 4) is 17.2 Å². The number of nitrogens with zero attached hydrogens (tertiary/aromatic N) is 2. The van der Waals surface area contributed by atoms with E-state index < -0.39 is 4.92 Å². The van der Waals surface area contributed by atoms with Gasteiger partial charge in [-0.1, -0.05) is 17.7 Å². The zero-order valence-electron chi connectivity index (χ0n) is 15.6. The summed E-state index contributed by atoms with van der Waals surface area (Å²) in [5.41, 5.74) is 1.10. The number of ether oxygens (including phenoxy) is 3. The topological polar surface area (TPSA) is 74.1 Å². The Morgan fingerprint density at radius 2 is 1.74 bits per heavy atom. The standard InChI is InChI=1S/C19H23ClN2O5/c1-21(9-8-14-4-6-18(25-2)19(12-14)26-3)10-11-27-17-7-5-15(22(23)24)13-16(17)20/h4-7,12-13H,8-11H2,1-3H3. The number of hydrogen-bond acceptors (Lipinski definition) is 6. The van der Waals surface area contributed by atoms with Gasteiger partial charge in [0.05, 0.1) is 24.2 Å². The second-order valence-electron chi connectivity index (χ2n) is 5.96. The second kappa shape index (κ2) is 9.99. The number of rotatable bonds is 10. The SMILES string of the molecule is COc1ccc(CCN(C)CCOc2ccc([N+](=O)[O-])cc2Cl)cc1OC. The van der Waals surface area contributed by atoms with Crippen LogP contribution in [0.3, 0.4) is 0 Å². The van der Waals surface area contributed by atoms with E-state index in [-0.39, 0.29) is 10.7 Å². The van der Waals surface area contributed by atoms with Crippen molar-refractivity contribution in [3.63, 3.8) is 0 Å². The van der Waals surface area contributed by atoms with Crippen LogP contribution >= 0.6 is 11.6 Å². The van der Waals surface area contributed by atoms with E-state index in [4.69, 9.17) is 25.8 Å². The first-order valence-corrected chi connectivity index (χ1v) is 8.78. The number of nitro benzene ring substituents is 1. The molecule has 0 amide bonds. The molecule has 2 aromatic carbocycles. The maximum atomic E-state index is 10.7. The largest absolute Gasteiger partial charge is 0.493 e. The van der Waals surface area contributed by atoms with Crippen molar-refractivity contribution < 1.29 is 19.1 Å². The highest BCUT2D eigenvalue weighted by Crippen LogP contribution is 2.29. The van der Waals surface area contributed by atoms with Crippen LogP contribution in [0.5, 0.6) is 17.2 Å². The van der Waals surface area contributed by atoms with Gasteiger partial charge in [-0.05, 0) is 37.2 Å². The Morgan fingerprint density at radius 3 is 2.37 bits per heavy atom. The molecule has 0 unspecified atom stereocenters. The second-order valence-corrected chi connectivity index (χ2v) is 6.37. The summed E-state index contributed by atoms with van der Waals surface area (Å²) < 4.78 is 16.2. The van der Waals surface area contributed by atoms with Crippen LogP contribution in [0, 0.1) is 10.1 Å². The van der Waals surface area contributed by atoms with Gasteiger partial charge in [-0.25, -0.2) is 0 Å². The maximum Gasteiger partial charge on any atom is 0.271 e. The molecule has 0 heterocycles. The van der Waals surface area contributed by atoms with E-state index in [0.29, 0.717) is 30.4 Å². The molecule has 0 saturated carbocycles. The third-order valence-corrected chi connectivity index (χ3v) is 4.38. The van der Waals surface area contributed by atoms with Crippen LogP contribution in [0.15, 0.2) is 36.4 Å². The van der Waals surface area contributed by atoms with Gasteiger partial charge in [0.1, 0.15) is 12.4 Å². The van der Waals surface area contributed by atoms with Crippen LogP contribution in [0.1, 0.15) is 5.56 Å². The van der Waals surface area contributed by atoms with Crippen LogP contribution in [-0.4, -0.2) is 50.8 Å². The average Bonchev–Trinajstić information content (AvgIpc) is 2.67. The molecule has 0 atom stereocenters. The Hall–Kier alpha value is -2.51. The van der Waals surface area contributed by atoms with Crippen molar-refractivity contribution in [2.24, 2.45) is 0 Å². The van der Waals surface area contributed by atoms with E-state index in [1.165, 1.54) is 18.2 Å². The van der Waals surface area contributed by atoms with Crippen molar-refractivity contribution in [2.45, 2.75) is 6.42 Å². The van der Waals surface area contributed by atoms with Gasteiger partial charge in [-0.15, -0.1) is 0 Å². The minimum atomic E-state index is -0.488. The van der Waals surface area contributed by atoms with Crippen LogP contribution in [-0.2, 0) is 6.42 Å². The van der Waals surface area contributed by atoms with Crippen molar-refractivity contribution in [2.75, 3.05) is 41.0 Å². The molecule has 27 heavy (non-hydrogen) atoms. The fourth-order valence-corrected chi connectivity index (χ4v) is 2.73. The molecule has 8 heteroatoms. The molecule has 0 saturated heterocycles. The summed E-state index contributed by atoms with van der Waals surface area (Å²) in [6, 6.07) is 10.1. The van der Waals surface area contributed by atoms with Crippen molar-refractivity contribution in [3.05, 3.63) is 57.1 Å². The van der Waals surface area contributed by atoms with Gasteiger partial charge in [-0.3, -0.25) is 10.1 Å². The smallest absolute Gasteiger partial charge is 0.271 e. The van der Waals surface area contributed by atoms with E-state index in [2.05, 4.69) is 4.90 Å². The number of nitro groups is 1. The molecule has 0 radical (unpaired) electrons. The molecule has 0 aliphatic rings. The minimum Gasteiger partial charge on any atom is -0.493 e. The van der Waals surface area contributed by atoms with Crippen molar-refractivity contribution in [1.82, 2.24) is 4.90 Å². The third kappa shape index (κ3) is 6.01. The Morgan fingerprint density at radius 1 is 1.04 bits per heavy atom. The first-order chi connectivity index (χ1) is 12.9. The van der Waals surface area contributed by atoms with Crippen molar-refractivity contribution >= 4 is 17.3 Å². The Kier molecular flexibility index (Phi) is 7.69.